The minimum atomic E-state index is -0.480. The monoisotopic (exact) mass is 173 g/mol. The number of carbonyl (C=O) groups excluding carboxylic acids is 1. The summed E-state index contributed by atoms with van der Waals surface area (Å²) in [5.41, 5.74) is 0. The van der Waals surface area contributed by atoms with Crippen molar-refractivity contribution in [2.24, 2.45) is 0 Å². The Kier molecular flexibility index (Phi) is 3.49. The maximum atomic E-state index is 11.1. The van der Waals surface area contributed by atoms with Crippen LogP contribution in [0.1, 0.15) is 19.3 Å². The van der Waals surface area contributed by atoms with Crippen molar-refractivity contribution < 1.29 is 15.0 Å². The molecule has 0 aromatic heterocycles. The molecule has 70 valence electrons. The first-order valence-electron chi connectivity index (χ1n) is 4.30. The fourth-order valence-corrected chi connectivity index (χ4v) is 1.38. The molecule has 1 atom stereocenters. The molecule has 1 aliphatic rings. The van der Waals surface area contributed by atoms with Gasteiger partial charge in [0.05, 0.1) is 12.5 Å². The number of hydrogen-bond donors (Lipinski definition) is 2. The van der Waals surface area contributed by atoms with Crippen LogP contribution in [0.4, 0.5) is 0 Å². The van der Waals surface area contributed by atoms with E-state index in [1.807, 2.05) is 0 Å². The van der Waals surface area contributed by atoms with Gasteiger partial charge in [-0.05, 0) is 12.8 Å². The molecular formula is C8H15NO3. The van der Waals surface area contributed by atoms with E-state index >= 15 is 0 Å². The second-order valence-electron chi connectivity index (χ2n) is 3.13. The van der Waals surface area contributed by atoms with Crippen LogP contribution >= 0.6 is 0 Å². The topological polar surface area (TPSA) is 60.8 Å². The summed E-state index contributed by atoms with van der Waals surface area (Å²) in [7, 11) is 0. The number of aliphatic hydroxyl groups excluding tert-OH is 2. The summed E-state index contributed by atoms with van der Waals surface area (Å²) in [4.78, 5) is 12.7. The molecule has 4 nitrogen and oxygen atoms in total. The van der Waals surface area contributed by atoms with Gasteiger partial charge in [0, 0.05) is 19.7 Å². The van der Waals surface area contributed by atoms with Crippen molar-refractivity contribution in [2.45, 2.75) is 25.4 Å². The molecule has 0 saturated carbocycles. The summed E-state index contributed by atoms with van der Waals surface area (Å²) in [5, 5.41) is 17.6. The highest BCUT2D eigenvalue weighted by atomic mass is 16.3. The maximum Gasteiger partial charge on any atom is 0.225 e. The molecule has 1 aliphatic heterocycles. The van der Waals surface area contributed by atoms with Crippen LogP contribution in [0, 0.1) is 0 Å². The van der Waals surface area contributed by atoms with Gasteiger partial charge in [-0.25, -0.2) is 0 Å². The van der Waals surface area contributed by atoms with Crippen LogP contribution in [0.3, 0.4) is 0 Å². The van der Waals surface area contributed by atoms with E-state index in [-0.39, 0.29) is 18.9 Å². The van der Waals surface area contributed by atoms with Gasteiger partial charge < -0.3 is 15.1 Å². The fourth-order valence-electron chi connectivity index (χ4n) is 1.38. The van der Waals surface area contributed by atoms with Crippen molar-refractivity contribution in [1.82, 2.24) is 4.90 Å². The van der Waals surface area contributed by atoms with Crippen LogP contribution < -0.4 is 0 Å². The number of nitrogens with zero attached hydrogens (tertiary/aromatic N) is 1. The molecule has 1 unspecified atom stereocenters. The van der Waals surface area contributed by atoms with Gasteiger partial charge in [-0.2, -0.15) is 0 Å². The zero-order valence-electron chi connectivity index (χ0n) is 7.07. The van der Waals surface area contributed by atoms with Crippen LogP contribution in [0.15, 0.2) is 0 Å². The lowest BCUT2D eigenvalue weighted by Gasteiger charge is -2.14. The molecule has 0 aliphatic carbocycles. The van der Waals surface area contributed by atoms with E-state index in [2.05, 4.69) is 0 Å². The predicted octanol–water partition coefficient (Wildman–Crippen LogP) is -0.648. The Morgan fingerprint density at radius 3 is 2.75 bits per heavy atom. The fraction of sp³-hybridized carbons (Fsp3) is 0.875. The zero-order valence-corrected chi connectivity index (χ0v) is 7.07. The standard InChI is InChI=1S/C8H15NO3/c10-4-2-1-3-9-6-7(11)5-8(9)12/h7,10-11H,1-6H2. The number of β-amino-alcohol motifs (C(OH)–C–C–N with tert-alkyl or cyclic N) is 1. The van der Waals surface area contributed by atoms with Gasteiger partial charge in [-0.15, -0.1) is 0 Å². The zero-order chi connectivity index (χ0) is 8.97. The average Bonchev–Trinajstić information content (AvgIpc) is 2.31. The predicted molar refractivity (Wildman–Crippen MR) is 43.5 cm³/mol. The average molecular weight is 173 g/mol. The summed E-state index contributed by atoms with van der Waals surface area (Å²) in [6.45, 7) is 1.30. The summed E-state index contributed by atoms with van der Waals surface area (Å²) >= 11 is 0. The summed E-state index contributed by atoms with van der Waals surface area (Å²) < 4.78 is 0. The highest BCUT2D eigenvalue weighted by Crippen LogP contribution is 2.11. The van der Waals surface area contributed by atoms with E-state index in [0.717, 1.165) is 12.8 Å². The van der Waals surface area contributed by atoms with Gasteiger partial charge in [-0.1, -0.05) is 0 Å². The number of amides is 1. The van der Waals surface area contributed by atoms with Gasteiger partial charge >= 0.3 is 0 Å². The molecule has 0 aromatic rings. The Labute approximate surface area is 71.8 Å². The second-order valence-corrected chi connectivity index (χ2v) is 3.13. The minimum absolute atomic E-state index is 0.0282. The minimum Gasteiger partial charge on any atom is -0.396 e. The van der Waals surface area contributed by atoms with Crippen molar-refractivity contribution in [1.29, 1.82) is 0 Å². The van der Waals surface area contributed by atoms with Crippen molar-refractivity contribution >= 4 is 5.91 Å². The molecule has 1 saturated heterocycles. The lowest BCUT2D eigenvalue weighted by atomic mass is 10.3. The van der Waals surface area contributed by atoms with E-state index in [9.17, 15) is 4.79 Å². The molecule has 4 heteroatoms. The van der Waals surface area contributed by atoms with Gasteiger partial charge in [0.1, 0.15) is 0 Å². The first-order chi connectivity index (χ1) is 5.74. The summed E-state index contributed by atoms with van der Waals surface area (Å²) in [6, 6.07) is 0. The highest BCUT2D eigenvalue weighted by molar-refractivity contribution is 5.78. The highest BCUT2D eigenvalue weighted by Gasteiger charge is 2.26. The van der Waals surface area contributed by atoms with E-state index < -0.39 is 6.10 Å². The molecular weight excluding hydrogens is 158 g/mol. The van der Waals surface area contributed by atoms with E-state index in [1.165, 1.54) is 0 Å². The number of aliphatic hydroxyl groups is 2. The van der Waals surface area contributed by atoms with Crippen molar-refractivity contribution in [3.63, 3.8) is 0 Å². The Balaban J connectivity index is 2.19. The molecule has 12 heavy (non-hydrogen) atoms. The number of hydrogen-bond acceptors (Lipinski definition) is 3. The summed E-state index contributed by atoms with van der Waals surface area (Å²) in [5.74, 6) is 0.0282. The molecule has 1 amide bonds. The van der Waals surface area contributed by atoms with Crippen molar-refractivity contribution in [2.75, 3.05) is 19.7 Å². The smallest absolute Gasteiger partial charge is 0.225 e. The van der Waals surface area contributed by atoms with Crippen LogP contribution in [-0.4, -0.2) is 46.8 Å². The molecule has 0 spiro atoms. The third kappa shape index (κ3) is 2.46. The third-order valence-corrected chi connectivity index (χ3v) is 2.03. The van der Waals surface area contributed by atoms with Gasteiger partial charge in [0.15, 0.2) is 0 Å². The maximum absolute atomic E-state index is 11.1. The first kappa shape index (κ1) is 9.48. The lowest BCUT2D eigenvalue weighted by Crippen LogP contribution is -2.27. The lowest BCUT2D eigenvalue weighted by molar-refractivity contribution is -0.127. The SMILES string of the molecule is O=C1CC(O)CN1CCCCO. The second kappa shape index (κ2) is 4.42. The molecule has 1 rings (SSSR count). The Hall–Kier alpha value is -0.610. The van der Waals surface area contributed by atoms with Crippen LogP contribution in [-0.2, 0) is 4.79 Å². The van der Waals surface area contributed by atoms with Crippen LogP contribution in [0.2, 0.25) is 0 Å². The van der Waals surface area contributed by atoms with Gasteiger partial charge in [-0.3, -0.25) is 4.79 Å². The van der Waals surface area contributed by atoms with Gasteiger partial charge in [0.2, 0.25) is 5.91 Å². The van der Waals surface area contributed by atoms with E-state index in [1.54, 1.807) is 4.90 Å². The quantitative estimate of drug-likeness (QED) is 0.555. The Morgan fingerprint density at radius 1 is 1.50 bits per heavy atom. The van der Waals surface area contributed by atoms with Gasteiger partial charge in [0.25, 0.3) is 0 Å². The van der Waals surface area contributed by atoms with Crippen molar-refractivity contribution in [3.05, 3.63) is 0 Å². The first-order valence-corrected chi connectivity index (χ1v) is 4.30. The molecule has 0 bridgehead atoms. The number of likely N-dealkylation sites (tertiary alicyclic amines) is 1. The molecule has 0 aromatic carbocycles. The Morgan fingerprint density at radius 2 is 2.25 bits per heavy atom. The number of carbonyl (C=O) groups is 1. The molecule has 0 radical (unpaired) electrons. The van der Waals surface area contributed by atoms with Crippen molar-refractivity contribution in [3.8, 4) is 0 Å². The Bertz CT molecular complexity index is 160. The summed E-state index contributed by atoms with van der Waals surface area (Å²) in [6.07, 6.45) is 1.32. The number of unbranched alkanes of at least 4 members (excludes halogenated alkanes) is 1. The van der Waals surface area contributed by atoms with E-state index in [4.69, 9.17) is 10.2 Å². The van der Waals surface area contributed by atoms with Crippen LogP contribution in [0.5, 0.6) is 0 Å². The largest absolute Gasteiger partial charge is 0.396 e. The normalized spacial score (nSPS) is 23.7. The molecule has 1 heterocycles. The third-order valence-electron chi connectivity index (χ3n) is 2.03. The molecule has 1 fully saturated rings. The number of rotatable bonds is 4. The van der Waals surface area contributed by atoms with E-state index in [0.29, 0.717) is 13.1 Å². The molecule has 2 N–H and O–H groups in total. The van der Waals surface area contributed by atoms with Crippen LogP contribution in [0.25, 0.3) is 0 Å².